The van der Waals surface area contributed by atoms with Crippen molar-refractivity contribution in [2.24, 2.45) is 10.7 Å². The van der Waals surface area contributed by atoms with E-state index in [-0.39, 0.29) is 0 Å². The third-order valence-corrected chi connectivity index (χ3v) is 3.94. The number of hydrogen-bond acceptors (Lipinski definition) is 4. The smallest absolute Gasteiger partial charge is 0.248 e. The molecule has 2 N–H and O–H groups in total. The van der Waals surface area contributed by atoms with Crippen LogP contribution in [0.4, 0.5) is 0 Å². The second kappa shape index (κ2) is 4.76. The topological polar surface area (TPSA) is 73.9 Å². The van der Waals surface area contributed by atoms with E-state index in [1.54, 1.807) is 24.5 Å². The molecule has 1 aromatic rings. The molecule has 22 heavy (non-hydrogen) atoms. The molecule has 0 atom stereocenters. The monoisotopic (exact) mass is 294 g/mol. The van der Waals surface area contributed by atoms with Crippen molar-refractivity contribution in [3.8, 4) is 0 Å². The van der Waals surface area contributed by atoms with Gasteiger partial charge in [0.25, 0.3) is 0 Å². The van der Waals surface area contributed by atoms with Gasteiger partial charge in [-0.15, -0.1) is 0 Å². The Morgan fingerprint density at radius 2 is 2.09 bits per heavy atom. The molecule has 0 bridgehead atoms. The summed E-state index contributed by atoms with van der Waals surface area (Å²) >= 11 is 0. The second-order valence-electron chi connectivity index (χ2n) is 5.34. The number of hydrogen-bond donors (Lipinski definition) is 1. The van der Waals surface area contributed by atoms with Crippen LogP contribution in [-0.4, -0.2) is 31.1 Å². The fourth-order valence-corrected chi connectivity index (χ4v) is 2.88. The van der Waals surface area contributed by atoms with Gasteiger partial charge in [-0.1, -0.05) is 12.1 Å². The quantitative estimate of drug-likeness (QED) is 0.792. The highest BCUT2D eigenvalue weighted by Crippen LogP contribution is 2.31. The Balaban J connectivity index is 1.93. The molecule has 0 radical (unpaired) electrons. The molecule has 1 aliphatic carbocycles. The summed E-state index contributed by atoms with van der Waals surface area (Å²) in [5.41, 5.74) is 7.77. The van der Waals surface area contributed by atoms with Crippen LogP contribution in [0.15, 0.2) is 47.0 Å². The maximum Gasteiger partial charge on any atom is 0.248 e. The van der Waals surface area contributed by atoms with Gasteiger partial charge in [0, 0.05) is 28.8 Å². The van der Waals surface area contributed by atoms with Crippen LogP contribution in [0, 0.1) is 0 Å². The number of fused-ring (bicyclic) bond motifs is 2. The van der Waals surface area contributed by atoms with Crippen LogP contribution >= 0.6 is 0 Å². The molecule has 2 heterocycles. The molecule has 1 amide bonds. The van der Waals surface area contributed by atoms with Gasteiger partial charge in [-0.25, -0.2) is 0 Å². The van der Waals surface area contributed by atoms with Crippen LogP contribution in [0.2, 0.25) is 0 Å². The Morgan fingerprint density at radius 3 is 2.86 bits per heavy atom. The molecule has 110 valence electrons. The zero-order chi connectivity index (χ0) is 15.2. The van der Waals surface area contributed by atoms with Gasteiger partial charge in [-0.2, -0.15) is 0 Å². The van der Waals surface area contributed by atoms with Crippen molar-refractivity contribution in [1.29, 1.82) is 0 Å². The minimum absolute atomic E-state index is 0.448. The van der Waals surface area contributed by atoms with Gasteiger partial charge in [-0.05, 0) is 35.1 Å². The standard InChI is InChI=1S/C17H14N2O3/c18-16(20)11-1-2-14-12(7-11)9-19-10-13-8-17(4-3-15(13)14)21-5-6-22-17/h1-4,7-10H,5-6H2,(H2,18,20). The summed E-state index contributed by atoms with van der Waals surface area (Å²) in [6.07, 6.45) is 9.32. The molecule has 1 spiro atoms. The van der Waals surface area contributed by atoms with Gasteiger partial charge in [0.2, 0.25) is 11.7 Å². The second-order valence-corrected chi connectivity index (χ2v) is 5.34. The fraction of sp³-hybridized carbons (Fsp3) is 0.176. The molecular weight excluding hydrogens is 280 g/mol. The summed E-state index contributed by atoms with van der Waals surface area (Å²) in [7, 11) is 0. The van der Waals surface area contributed by atoms with E-state index < -0.39 is 11.7 Å². The van der Waals surface area contributed by atoms with E-state index in [9.17, 15) is 4.79 Å². The summed E-state index contributed by atoms with van der Waals surface area (Å²) in [5, 5.41) is 1.86. The Morgan fingerprint density at radius 1 is 1.27 bits per heavy atom. The Hall–Kier alpha value is -2.50. The predicted molar refractivity (Wildman–Crippen MR) is 82.4 cm³/mol. The molecule has 0 unspecified atom stereocenters. The molecule has 2 aliphatic heterocycles. The number of ether oxygens (including phenoxy) is 2. The normalized spacial score (nSPS) is 20.9. The molecule has 4 rings (SSSR count). The summed E-state index contributed by atoms with van der Waals surface area (Å²) in [4.78, 5) is 15.6. The molecular formula is C17H14N2O3. The van der Waals surface area contributed by atoms with Crippen LogP contribution in [0.25, 0.3) is 11.8 Å². The minimum Gasteiger partial charge on any atom is -0.366 e. The number of aliphatic imine (C=N–C) groups is 1. The average Bonchev–Trinajstić information content (AvgIpc) is 2.87. The highest BCUT2D eigenvalue weighted by atomic mass is 16.7. The van der Waals surface area contributed by atoms with E-state index in [1.165, 1.54) is 0 Å². The van der Waals surface area contributed by atoms with Gasteiger partial charge in [-0.3, -0.25) is 9.79 Å². The van der Waals surface area contributed by atoms with E-state index >= 15 is 0 Å². The molecule has 5 nitrogen and oxygen atoms in total. The van der Waals surface area contributed by atoms with Crippen molar-refractivity contribution in [2.75, 3.05) is 13.2 Å². The predicted octanol–water partition coefficient (Wildman–Crippen LogP) is -0.00210. The van der Waals surface area contributed by atoms with Gasteiger partial charge in [0.15, 0.2) is 0 Å². The van der Waals surface area contributed by atoms with Crippen LogP contribution in [0.3, 0.4) is 0 Å². The molecule has 0 saturated carbocycles. The summed E-state index contributed by atoms with van der Waals surface area (Å²) in [6.45, 7) is 1.15. The lowest BCUT2D eigenvalue weighted by molar-refractivity contribution is -0.0749. The molecule has 1 aromatic carbocycles. The number of amides is 1. The van der Waals surface area contributed by atoms with E-state index in [1.807, 2.05) is 24.3 Å². The lowest BCUT2D eigenvalue weighted by Crippen LogP contribution is -2.32. The summed E-state index contributed by atoms with van der Waals surface area (Å²) in [5.74, 6) is -1.22. The van der Waals surface area contributed by atoms with Gasteiger partial charge in [0.1, 0.15) is 0 Å². The summed E-state index contributed by atoms with van der Waals surface area (Å²) in [6, 6.07) is 5.37. The lowest BCUT2D eigenvalue weighted by Gasteiger charge is -2.24. The highest BCUT2D eigenvalue weighted by Gasteiger charge is 2.34. The number of nitrogens with two attached hydrogens (primary N) is 1. The number of carbonyl (C=O) groups excluding carboxylic acids is 1. The Labute approximate surface area is 126 Å². The van der Waals surface area contributed by atoms with Gasteiger partial charge < -0.3 is 15.2 Å². The fourth-order valence-electron chi connectivity index (χ4n) is 2.88. The zero-order valence-corrected chi connectivity index (χ0v) is 11.8. The molecule has 5 heteroatoms. The van der Waals surface area contributed by atoms with E-state index in [0.29, 0.717) is 18.8 Å². The molecule has 3 aliphatic rings. The van der Waals surface area contributed by atoms with Crippen LogP contribution in [0.1, 0.15) is 10.4 Å². The zero-order valence-electron chi connectivity index (χ0n) is 11.8. The number of carbonyl (C=O) groups is 1. The Kier molecular flexibility index (Phi) is 2.85. The number of nitrogens with zero attached hydrogens (tertiary/aromatic N) is 1. The van der Waals surface area contributed by atoms with E-state index in [0.717, 1.165) is 21.6 Å². The lowest BCUT2D eigenvalue weighted by atomic mass is 9.94. The van der Waals surface area contributed by atoms with Crippen molar-refractivity contribution in [1.82, 2.24) is 0 Å². The van der Waals surface area contributed by atoms with Crippen molar-refractivity contribution in [2.45, 2.75) is 5.79 Å². The van der Waals surface area contributed by atoms with E-state index in [4.69, 9.17) is 15.2 Å². The highest BCUT2D eigenvalue weighted by molar-refractivity contribution is 6.01. The van der Waals surface area contributed by atoms with Crippen LogP contribution < -0.4 is 16.2 Å². The first-order valence-electron chi connectivity index (χ1n) is 7.05. The largest absolute Gasteiger partial charge is 0.366 e. The first kappa shape index (κ1) is 13.2. The third-order valence-electron chi connectivity index (χ3n) is 3.94. The van der Waals surface area contributed by atoms with Crippen LogP contribution in [-0.2, 0) is 9.47 Å². The maximum atomic E-state index is 11.3. The van der Waals surface area contributed by atoms with Crippen LogP contribution in [0.5, 0.6) is 0 Å². The number of allylic oxidation sites excluding steroid dienone is 2. The van der Waals surface area contributed by atoms with Gasteiger partial charge >= 0.3 is 0 Å². The number of benzene rings is 1. The molecule has 1 saturated heterocycles. The third kappa shape index (κ3) is 2.03. The SMILES string of the molecule is NC(=O)c1ccc2c(c1)=CN=CC1=CC3(C=CC=21)OCCO3. The minimum atomic E-state index is -0.775. The average molecular weight is 294 g/mol. The van der Waals surface area contributed by atoms with Crippen molar-refractivity contribution >= 4 is 23.9 Å². The maximum absolute atomic E-state index is 11.3. The number of rotatable bonds is 1. The van der Waals surface area contributed by atoms with Crippen molar-refractivity contribution in [3.63, 3.8) is 0 Å². The van der Waals surface area contributed by atoms with E-state index in [2.05, 4.69) is 4.99 Å². The first-order chi connectivity index (χ1) is 10.7. The molecule has 1 fully saturated rings. The Bertz CT molecular complexity index is 872. The summed E-state index contributed by atoms with van der Waals surface area (Å²) < 4.78 is 11.4. The van der Waals surface area contributed by atoms with Crippen molar-refractivity contribution in [3.05, 3.63) is 58.0 Å². The van der Waals surface area contributed by atoms with Crippen molar-refractivity contribution < 1.29 is 14.3 Å². The van der Waals surface area contributed by atoms with Gasteiger partial charge in [0.05, 0.1) is 13.2 Å². The number of primary amides is 1. The first-order valence-corrected chi connectivity index (χ1v) is 7.05. The molecule has 0 aromatic heterocycles.